The van der Waals surface area contributed by atoms with Crippen molar-refractivity contribution in [2.24, 2.45) is 5.84 Å². The molecule has 1 heterocycles. The predicted molar refractivity (Wildman–Crippen MR) is 88.5 cm³/mol. The van der Waals surface area contributed by atoms with Gasteiger partial charge < -0.3 is 15.6 Å². The van der Waals surface area contributed by atoms with Gasteiger partial charge in [-0.2, -0.15) is 0 Å². The van der Waals surface area contributed by atoms with Crippen molar-refractivity contribution in [2.75, 3.05) is 29.7 Å². The summed E-state index contributed by atoms with van der Waals surface area (Å²) in [5.74, 6) is 5.41. The Kier molecular flexibility index (Phi) is 4.77. The lowest BCUT2D eigenvalue weighted by Crippen LogP contribution is -2.18. The van der Waals surface area contributed by atoms with Crippen LogP contribution in [0.4, 0.5) is 17.2 Å². The number of aromatic nitrogens is 1. The molecule has 1 amide bonds. The van der Waals surface area contributed by atoms with E-state index in [1.165, 1.54) is 0 Å². The first-order valence-electron chi connectivity index (χ1n) is 6.22. The number of anilines is 3. The van der Waals surface area contributed by atoms with E-state index in [1.807, 2.05) is 43.3 Å². The molecule has 0 radical (unpaired) electrons. The number of nitrogens with zero attached hydrogens (tertiary/aromatic N) is 2. The summed E-state index contributed by atoms with van der Waals surface area (Å²) in [7, 11) is 3.92. The van der Waals surface area contributed by atoms with E-state index < -0.39 is 0 Å². The Hall–Kier alpha value is -2.12. The highest BCUT2D eigenvalue weighted by atomic mass is 79.9. The largest absolute Gasteiger partial charge is 0.378 e. The quantitative estimate of drug-likeness (QED) is 0.583. The zero-order chi connectivity index (χ0) is 15.4. The molecule has 1 aromatic heterocycles. The predicted octanol–water partition coefficient (Wildman–Crippen LogP) is 2.45. The number of amides is 1. The van der Waals surface area contributed by atoms with Gasteiger partial charge in [-0.1, -0.05) is 0 Å². The molecule has 2 rings (SSSR count). The molecule has 0 unspecified atom stereocenters. The number of hydrogen-bond donors (Lipinski definition) is 3. The number of nitrogens with two attached hydrogens (primary N) is 1. The fraction of sp³-hybridized carbons (Fsp3) is 0.143. The topological polar surface area (TPSA) is 83.3 Å². The van der Waals surface area contributed by atoms with Gasteiger partial charge in [-0.05, 0) is 46.3 Å². The molecule has 0 fully saturated rings. The van der Waals surface area contributed by atoms with Crippen LogP contribution in [0.2, 0.25) is 0 Å². The molecule has 0 bridgehead atoms. The van der Waals surface area contributed by atoms with E-state index in [2.05, 4.69) is 31.7 Å². The molecule has 110 valence electrons. The molecule has 0 atom stereocenters. The summed E-state index contributed by atoms with van der Waals surface area (Å²) in [6.07, 6.45) is 1.57. The first-order chi connectivity index (χ1) is 10.0. The van der Waals surface area contributed by atoms with Gasteiger partial charge in [0.1, 0.15) is 0 Å². The van der Waals surface area contributed by atoms with Crippen LogP contribution in [0, 0.1) is 0 Å². The Labute approximate surface area is 131 Å². The summed E-state index contributed by atoms with van der Waals surface area (Å²) >= 11 is 3.29. The Bertz CT molecular complexity index is 642. The number of pyridine rings is 1. The van der Waals surface area contributed by atoms with Gasteiger partial charge in [-0.15, -0.1) is 0 Å². The van der Waals surface area contributed by atoms with E-state index in [0.717, 1.165) is 5.69 Å². The summed E-state index contributed by atoms with van der Waals surface area (Å²) in [5.41, 5.74) is 4.54. The van der Waals surface area contributed by atoms with Crippen molar-refractivity contribution in [2.45, 2.75) is 0 Å². The van der Waals surface area contributed by atoms with Crippen LogP contribution in [0.15, 0.2) is 41.0 Å². The third kappa shape index (κ3) is 3.71. The summed E-state index contributed by atoms with van der Waals surface area (Å²) in [6.45, 7) is 0. The Morgan fingerprint density at radius 2 is 1.95 bits per heavy atom. The molecule has 0 aliphatic rings. The molecular formula is C14H16BrN5O. The number of rotatable bonds is 4. The average Bonchev–Trinajstić information content (AvgIpc) is 2.47. The lowest BCUT2D eigenvalue weighted by molar-refractivity contribution is 0.102. The lowest BCUT2D eigenvalue weighted by Gasteiger charge is -2.13. The molecule has 0 saturated heterocycles. The second kappa shape index (κ2) is 6.55. The highest BCUT2D eigenvalue weighted by molar-refractivity contribution is 9.10. The fourth-order valence-corrected chi connectivity index (χ4v) is 2.10. The van der Waals surface area contributed by atoms with Gasteiger partial charge in [0.15, 0.2) is 5.82 Å². The Morgan fingerprint density at radius 3 is 2.52 bits per heavy atom. The number of carbonyl (C=O) groups excluding carboxylic acids is 1. The first kappa shape index (κ1) is 15.3. The van der Waals surface area contributed by atoms with Crippen molar-refractivity contribution in [3.8, 4) is 0 Å². The van der Waals surface area contributed by atoms with Crippen LogP contribution >= 0.6 is 15.9 Å². The standard InChI is InChI=1S/C14H16BrN5O/c1-20(2)11-5-3-10(4-6-11)18-14(21)12-7-9(15)8-17-13(12)19-16/h3-8H,16H2,1-2H3,(H,17,19)(H,18,21). The zero-order valence-corrected chi connectivity index (χ0v) is 13.3. The molecular weight excluding hydrogens is 334 g/mol. The maximum atomic E-state index is 12.3. The van der Waals surface area contributed by atoms with Crippen molar-refractivity contribution in [1.29, 1.82) is 0 Å². The van der Waals surface area contributed by atoms with Crippen LogP contribution < -0.4 is 21.5 Å². The number of nitrogens with one attached hydrogen (secondary N) is 2. The molecule has 0 spiro atoms. The lowest BCUT2D eigenvalue weighted by atomic mass is 10.2. The van der Waals surface area contributed by atoms with Gasteiger partial charge in [-0.25, -0.2) is 10.8 Å². The number of benzene rings is 1. The van der Waals surface area contributed by atoms with Gasteiger partial charge in [0.05, 0.1) is 5.56 Å². The number of carbonyl (C=O) groups is 1. The van der Waals surface area contributed by atoms with Crippen molar-refractivity contribution >= 4 is 39.0 Å². The van der Waals surface area contributed by atoms with E-state index in [1.54, 1.807) is 12.3 Å². The molecule has 7 heteroatoms. The number of halogens is 1. The van der Waals surface area contributed by atoms with E-state index in [4.69, 9.17) is 5.84 Å². The first-order valence-corrected chi connectivity index (χ1v) is 7.01. The number of hydrazine groups is 1. The monoisotopic (exact) mass is 349 g/mol. The van der Waals surface area contributed by atoms with Gasteiger partial charge in [-0.3, -0.25) is 4.79 Å². The normalized spacial score (nSPS) is 10.1. The molecule has 0 aliphatic heterocycles. The summed E-state index contributed by atoms with van der Waals surface area (Å²) in [4.78, 5) is 18.3. The maximum absolute atomic E-state index is 12.3. The van der Waals surface area contributed by atoms with Crippen LogP contribution in [0.3, 0.4) is 0 Å². The van der Waals surface area contributed by atoms with Crippen molar-refractivity contribution in [1.82, 2.24) is 4.98 Å². The highest BCUT2D eigenvalue weighted by Crippen LogP contribution is 2.20. The maximum Gasteiger partial charge on any atom is 0.259 e. The van der Waals surface area contributed by atoms with Crippen LogP contribution in [0.25, 0.3) is 0 Å². The van der Waals surface area contributed by atoms with E-state index in [0.29, 0.717) is 21.5 Å². The van der Waals surface area contributed by atoms with E-state index in [9.17, 15) is 4.79 Å². The second-order valence-corrected chi connectivity index (χ2v) is 5.51. The van der Waals surface area contributed by atoms with E-state index >= 15 is 0 Å². The number of hydrogen-bond acceptors (Lipinski definition) is 5. The molecule has 1 aromatic carbocycles. The van der Waals surface area contributed by atoms with Gasteiger partial charge >= 0.3 is 0 Å². The average molecular weight is 350 g/mol. The van der Waals surface area contributed by atoms with Crippen LogP contribution in [-0.2, 0) is 0 Å². The summed E-state index contributed by atoms with van der Waals surface area (Å²) in [6, 6.07) is 9.20. The summed E-state index contributed by atoms with van der Waals surface area (Å²) in [5, 5.41) is 2.81. The SMILES string of the molecule is CN(C)c1ccc(NC(=O)c2cc(Br)cnc2NN)cc1. The number of nitrogen functional groups attached to an aromatic ring is 1. The van der Waals surface area contributed by atoms with Crippen molar-refractivity contribution in [3.63, 3.8) is 0 Å². The zero-order valence-electron chi connectivity index (χ0n) is 11.7. The Balaban J connectivity index is 2.19. The minimum atomic E-state index is -0.283. The van der Waals surface area contributed by atoms with Crippen molar-refractivity contribution < 1.29 is 4.79 Å². The third-order valence-corrected chi connectivity index (χ3v) is 3.31. The minimum Gasteiger partial charge on any atom is -0.378 e. The molecule has 0 saturated carbocycles. The van der Waals surface area contributed by atoms with Crippen LogP contribution in [0.1, 0.15) is 10.4 Å². The minimum absolute atomic E-state index is 0.283. The van der Waals surface area contributed by atoms with Gasteiger partial charge in [0.25, 0.3) is 5.91 Å². The third-order valence-electron chi connectivity index (χ3n) is 2.88. The van der Waals surface area contributed by atoms with E-state index in [-0.39, 0.29) is 5.91 Å². The molecule has 4 N–H and O–H groups in total. The molecule has 0 aliphatic carbocycles. The molecule has 21 heavy (non-hydrogen) atoms. The van der Waals surface area contributed by atoms with Crippen molar-refractivity contribution in [3.05, 3.63) is 46.6 Å². The molecule has 6 nitrogen and oxygen atoms in total. The Morgan fingerprint density at radius 1 is 1.29 bits per heavy atom. The second-order valence-electron chi connectivity index (χ2n) is 4.59. The highest BCUT2D eigenvalue weighted by Gasteiger charge is 2.13. The van der Waals surface area contributed by atoms with Crippen LogP contribution in [-0.4, -0.2) is 25.0 Å². The molecule has 2 aromatic rings. The van der Waals surface area contributed by atoms with Gasteiger partial charge in [0, 0.05) is 36.1 Å². The van der Waals surface area contributed by atoms with Crippen LogP contribution in [0.5, 0.6) is 0 Å². The smallest absolute Gasteiger partial charge is 0.259 e. The fourth-order valence-electron chi connectivity index (χ4n) is 1.77. The van der Waals surface area contributed by atoms with Gasteiger partial charge in [0.2, 0.25) is 0 Å². The summed E-state index contributed by atoms with van der Waals surface area (Å²) < 4.78 is 0.703.